The van der Waals surface area contributed by atoms with Crippen LogP contribution in [0.25, 0.3) is 22.8 Å². The predicted molar refractivity (Wildman–Crippen MR) is 139 cm³/mol. The molecule has 0 bridgehead atoms. The number of nitrogens with one attached hydrogen (secondary N) is 1. The van der Waals surface area contributed by atoms with E-state index in [-0.39, 0.29) is 6.61 Å². The van der Waals surface area contributed by atoms with E-state index in [4.69, 9.17) is 28.3 Å². The van der Waals surface area contributed by atoms with Crippen molar-refractivity contribution in [2.45, 2.75) is 20.1 Å². The van der Waals surface area contributed by atoms with Crippen molar-refractivity contribution in [3.8, 4) is 34.3 Å². The zero-order valence-corrected chi connectivity index (χ0v) is 22.0. The monoisotopic (exact) mass is 524 g/mol. The fraction of sp³-hybridized carbons (Fsp3) is 0.370. The van der Waals surface area contributed by atoms with Crippen molar-refractivity contribution < 1.29 is 27.9 Å². The van der Waals surface area contributed by atoms with Gasteiger partial charge in [-0.05, 0) is 55.0 Å². The molecule has 11 heteroatoms. The van der Waals surface area contributed by atoms with Gasteiger partial charge in [-0.1, -0.05) is 5.16 Å². The van der Waals surface area contributed by atoms with Gasteiger partial charge in [0.2, 0.25) is 5.89 Å². The van der Waals surface area contributed by atoms with E-state index in [1.807, 2.05) is 49.4 Å². The van der Waals surface area contributed by atoms with Crippen LogP contribution in [0, 0.1) is 6.92 Å². The molecular weight excluding hydrogens is 492 g/mol. The molecule has 0 aliphatic rings. The largest absolute Gasteiger partial charge is 0.497 e. The standard InChI is InChI=1S/C27H32N4O7/c1-18-15-21(9-10-22(18)25-29-27(32)38-30-25)36-17-23-24(16-31(11-13-33-2)12-14-34-3)37-26(28-23)19-5-7-20(35-4)8-6-19/h5-10,15H,11-14,16-17H2,1-4H3,(H,29,30,32). The van der Waals surface area contributed by atoms with Gasteiger partial charge in [-0.15, -0.1) is 0 Å². The quantitative estimate of drug-likeness (QED) is 0.261. The Morgan fingerprint density at radius 1 is 0.974 bits per heavy atom. The third kappa shape index (κ3) is 6.88. The lowest BCUT2D eigenvalue weighted by molar-refractivity contribution is 0.105. The van der Waals surface area contributed by atoms with Crippen LogP contribution in [0.15, 0.2) is 56.2 Å². The maximum atomic E-state index is 11.3. The number of aryl methyl sites for hydroxylation is 1. The second-order valence-electron chi connectivity index (χ2n) is 8.59. The van der Waals surface area contributed by atoms with Crippen LogP contribution in [-0.4, -0.2) is 67.7 Å². The summed E-state index contributed by atoms with van der Waals surface area (Å²) in [7, 11) is 4.98. The molecule has 202 valence electrons. The van der Waals surface area contributed by atoms with E-state index in [1.54, 1.807) is 21.3 Å². The Bertz CT molecular complexity index is 1350. The number of rotatable bonds is 14. The molecule has 2 aromatic carbocycles. The summed E-state index contributed by atoms with van der Waals surface area (Å²) in [6.45, 7) is 5.22. The predicted octanol–water partition coefficient (Wildman–Crippen LogP) is 3.68. The molecule has 4 rings (SSSR count). The van der Waals surface area contributed by atoms with E-state index < -0.39 is 5.76 Å². The molecule has 4 aromatic rings. The summed E-state index contributed by atoms with van der Waals surface area (Å²) in [6, 6.07) is 13.0. The summed E-state index contributed by atoms with van der Waals surface area (Å²) < 4.78 is 32.8. The summed E-state index contributed by atoms with van der Waals surface area (Å²) in [6.07, 6.45) is 0. The van der Waals surface area contributed by atoms with E-state index in [2.05, 4.69) is 19.6 Å². The number of ether oxygens (including phenoxy) is 4. The minimum Gasteiger partial charge on any atom is -0.497 e. The first-order valence-corrected chi connectivity index (χ1v) is 12.1. The van der Waals surface area contributed by atoms with Crippen LogP contribution in [0.3, 0.4) is 0 Å². The average molecular weight is 525 g/mol. The lowest BCUT2D eigenvalue weighted by Gasteiger charge is -2.20. The van der Waals surface area contributed by atoms with Gasteiger partial charge in [-0.3, -0.25) is 14.4 Å². The van der Waals surface area contributed by atoms with Crippen molar-refractivity contribution in [3.63, 3.8) is 0 Å². The highest BCUT2D eigenvalue weighted by Gasteiger charge is 2.19. The van der Waals surface area contributed by atoms with Crippen LogP contribution in [-0.2, 0) is 22.6 Å². The smallest absolute Gasteiger partial charge is 0.439 e. The van der Waals surface area contributed by atoms with Crippen molar-refractivity contribution in [1.29, 1.82) is 0 Å². The van der Waals surface area contributed by atoms with Crippen LogP contribution in [0.4, 0.5) is 0 Å². The Balaban J connectivity index is 1.56. The van der Waals surface area contributed by atoms with Gasteiger partial charge < -0.3 is 23.4 Å². The van der Waals surface area contributed by atoms with Crippen molar-refractivity contribution >= 4 is 0 Å². The number of H-pyrrole nitrogens is 1. The molecule has 0 fully saturated rings. The lowest BCUT2D eigenvalue weighted by Crippen LogP contribution is -2.30. The van der Waals surface area contributed by atoms with Gasteiger partial charge in [-0.25, -0.2) is 9.78 Å². The van der Waals surface area contributed by atoms with E-state index in [9.17, 15) is 4.79 Å². The first-order chi connectivity index (χ1) is 18.5. The molecule has 0 saturated heterocycles. The first kappa shape index (κ1) is 27.1. The number of aromatic nitrogens is 3. The number of nitrogens with zero attached hydrogens (tertiary/aromatic N) is 3. The van der Waals surface area contributed by atoms with Crippen molar-refractivity contribution in [3.05, 3.63) is 70.0 Å². The molecule has 0 spiro atoms. The third-order valence-corrected chi connectivity index (χ3v) is 5.97. The van der Waals surface area contributed by atoms with Gasteiger partial charge >= 0.3 is 5.76 Å². The number of oxazole rings is 1. The SMILES string of the molecule is COCCN(CCOC)Cc1oc(-c2ccc(OC)cc2)nc1COc1ccc(-c2noc(=O)[nH]2)c(C)c1. The highest BCUT2D eigenvalue weighted by Crippen LogP contribution is 2.28. The maximum absolute atomic E-state index is 11.3. The van der Waals surface area contributed by atoms with E-state index in [0.717, 1.165) is 22.4 Å². The summed E-state index contributed by atoms with van der Waals surface area (Å²) >= 11 is 0. The van der Waals surface area contributed by atoms with Gasteiger partial charge in [0.15, 0.2) is 5.82 Å². The molecule has 0 atom stereocenters. The molecule has 0 amide bonds. The van der Waals surface area contributed by atoms with Gasteiger partial charge in [0, 0.05) is 38.4 Å². The number of aromatic amines is 1. The lowest BCUT2D eigenvalue weighted by atomic mass is 10.1. The fourth-order valence-electron chi connectivity index (χ4n) is 3.88. The minimum atomic E-state index is -0.601. The fourth-order valence-corrected chi connectivity index (χ4v) is 3.88. The second-order valence-corrected chi connectivity index (χ2v) is 8.59. The van der Waals surface area contributed by atoms with Crippen LogP contribution in [0.2, 0.25) is 0 Å². The topological polar surface area (TPSA) is 125 Å². The minimum absolute atomic E-state index is 0.205. The maximum Gasteiger partial charge on any atom is 0.439 e. The molecule has 0 radical (unpaired) electrons. The molecular formula is C27H32N4O7. The molecule has 2 heterocycles. The Hall–Kier alpha value is -3.93. The number of benzene rings is 2. The molecule has 0 saturated carbocycles. The van der Waals surface area contributed by atoms with Crippen molar-refractivity contribution in [2.75, 3.05) is 47.6 Å². The van der Waals surface area contributed by atoms with Crippen LogP contribution < -0.4 is 15.2 Å². The number of methoxy groups -OCH3 is 3. The summed E-state index contributed by atoms with van der Waals surface area (Å²) in [5, 5.41) is 3.76. The average Bonchev–Trinajstić information content (AvgIpc) is 3.55. The Morgan fingerprint density at radius 2 is 1.68 bits per heavy atom. The molecule has 2 aromatic heterocycles. The summed E-state index contributed by atoms with van der Waals surface area (Å²) in [5.41, 5.74) is 3.15. The van der Waals surface area contributed by atoms with E-state index in [0.29, 0.717) is 61.8 Å². The number of hydrogen-bond acceptors (Lipinski definition) is 10. The van der Waals surface area contributed by atoms with Gasteiger partial charge in [0.05, 0.1) is 26.9 Å². The van der Waals surface area contributed by atoms with Gasteiger partial charge in [0.1, 0.15) is 29.6 Å². The van der Waals surface area contributed by atoms with Crippen molar-refractivity contribution in [2.24, 2.45) is 0 Å². The Labute approximate surface area is 220 Å². The van der Waals surface area contributed by atoms with Gasteiger partial charge in [0.25, 0.3) is 0 Å². The van der Waals surface area contributed by atoms with Crippen molar-refractivity contribution in [1.82, 2.24) is 20.0 Å². The Kier molecular flexibility index (Phi) is 9.30. The molecule has 0 aliphatic carbocycles. The van der Waals surface area contributed by atoms with Gasteiger partial charge in [-0.2, -0.15) is 0 Å². The van der Waals surface area contributed by atoms with E-state index in [1.165, 1.54) is 0 Å². The third-order valence-electron chi connectivity index (χ3n) is 5.97. The summed E-state index contributed by atoms with van der Waals surface area (Å²) in [5.74, 6) is 2.37. The summed E-state index contributed by atoms with van der Waals surface area (Å²) in [4.78, 5) is 20.8. The molecule has 1 N–H and O–H groups in total. The van der Waals surface area contributed by atoms with Crippen LogP contribution >= 0.6 is 0 Å². The Morgan fingerprint density at radius 3 is 2.29 bits per heavy atom. The molecule has 0 unspecified atom stereocenters. The van der Waals surface area contributed by atoms with E-state index >= 15 is 0 Å². The van der Waals surface area contributed by atoms with Crippen LogP contribution in [0.1, 0.15) is 17.0 Å². The van der Waals surface area contributed by atoms with Crippen LogP contribution in [0.5, 0.6) is 11.5 Å². The molecule has 0 aliphatic heterocycles. The molecule has 38 heavy (non-hydrogen) atoms. The highest BCUT2D eigenvalue weighted by atomic mass is 16.5. The zero-order valence-electron chi connectivity index (χ0n) is 22.0. The first-order valence-electron chi connectivity index (χ1n) is 12.1. The zero-order chi connectivity index (χ0) is 26.9. The number of hydrogen-bond donors (Lipinski definition) is 1. The normalized spacial score (nSPS) is 11.3. The highest BCUT2D eigenvalue weighted by molar-refractivity contribution is 5.60. The molecule has 11 nitrogen and oxygen atoms in total. The second kappa shape index (κ2) is 13.0.